The number of carbonyl (C=O) groups is 2. The minimum absolute atomic E-state index is 0.0863. The second kappa shape index (κ2) is 16.0. The van der Waals surface area contributed by atoms with Crippen LogP contribution in [-0.2, 0) is 36.8 Å². The predicted octanol–water partition coefficient (Wildman–Crippen LogP) is 4.09. The molecule has 0 bridgehead atoms. The summed E-state index contributed by atoms with van der Waals surface area (Å²) in [6.07, 6.45) is -1.20. The molecule has 2 heterocycles. The van der Waals surface area contributed by atoms with Crippen LogP contribution < -0.4 is 20.4 Å². The van der Waals surface area contributed by atoms with E-state index in [1.165, 1.54) is 0 Å². The zero-order chi connectivity index (χ0) is 34.2. The average Bonchev–Trinajstić information content (AvgIpc) is 3.55. The lowest BCUT2D eigenvalue weighted by atomic mass is 9.77. The first-order chi connectivity index (χ1) is 23.1. The Morgan fingerprint density at radius 1 is 0.708 bits per heavy atom. The molecule has 0 saturated heterocycles. The highest BCUT2D eigenvalue weighted by atomic mass is 16.6. The second-order valence-electron chi connectivity index (χ2n) is 11.6. The van der Waals surface area contributed by atoms with E-state index in [1.54, 1.807) is 19.1 Å². The van der Waals surface area contributed by atoms with Crippen molar-refractivity contribution < 1.29 is 48.3 Å². The molecule has 2 aliphatic heterocycles. The number of ether oxygens (including phenoxy) is 3. The van der Waals surface area contributed by atoms with Gasteiger partial charge in [0.25, 0.3) is 0 Å². The smallest absolute Gasteiger partial charge is 0.489 e. The highest BCUT2D eigenvalue weighted by Gasteiger charge is 2.39. The molecular formula is C36H38B2O10. The Morgan fingerprint density at radius 3 is 1.56 bits per heavy atom. The molecule has 12 heteroatoms. The maximum Gasteiger partial charge on any atom is 0.492 e. The summed E-state index contributed by atoms with van der Waals surface area (Å²) in [5.74, 6) is -0.00141. The summed E-state index contributed by atoms with van der Waals surface area (Å²) in [5.41, 5.74) is 6.71. The summed E-state index contributed by atoms with van der Waals surface area (Å²) in [4.78, 5) is 22.7. The number of aryl methyl sites for hydroxylation is 2. The Bertz CT molecular complexity index is 1720. The van der Waals surface area contributed by atoms with Crippen LogP contribution in [0.2, 0.25) is 0 Å². The zero-order valence-corrected chi connectivity index (χ0v) is 27.1. The summed E-state index contributed by atoms with van der Waals surface area (Å²) in [7, 11) is -2.18. The number of hydrogen-bond acceptors (Lipinski definition) is 9. The van der Waals surface area contributed by atoms with Crippen molar-refractivity contribution in [2.24, 2.45) is 0 Å². The Hall–Kier alpha value is -4.61. The number of benzene rings is 4. The van der Waals surface area contributed by atoms with Gasteiger partial charge in [0.05, 0.1) is 31.7 Å². The Kier molecular flexibility index (Phi) is 11.6. The molecule has 2 atom stereocenters. The number of carboxylic acids is 1. The van der Waals surface area contributed by atoms with Crippen molar-refractivity contribution in [3.63, 3.8) is 0 Å². The summed E-state index contributed by atoms with van der Waals surface area (Å²) in [5, 5.41) is 29.2. The average molecular weight is 652 g/mol. The number of rotatable bonds is 11. The molecular weight excluding hydrogens is 614 g/mol. The number of fused-ring (bicyclic) bond motifs is 2. The summed E-state index contributed by atoms with van der Waals surface area (Å²) in [6, 6.07) is 26.9. The molecule has 4 aromatic rings. The topological polar surface area (TPSA) is 141 Å². The van der Waals surface area contributed by atoms with Gasteiger partial charge < -0.3 is 38.7 Å². The van der Waals surface area contributed by atoms with Crippen LogP contribution >= 0.6 is 0 Å². The first kappa shape index (κ1) is 34.7. The van der Waals surface area contributed by atoms with E-state index < -0.39 is 32.4 Å². The molecule has 0 spiro atoms. The molecule has 2 aliphatic rings. The highest BCUT2D eigenvalue weighted by molar-refractivity contribution is 6.62. The van der Waals surface area contributed by atoms with Crippen LogP contribution in [0, 0.1) is 13.8 Å². The monoisotopic (exact) mass is 652 g/mol. The standard InChI is InChI=1S/C19H21BO5.C17H17BO5/c1-3-23-18(21)11-17-19-13(2)9-15(10-16(19)20(22)25-17)24-12-14-7-5-4-6-8-14;1-11-7-13(22-10-12-5-3-2-4-6-12)8-14-17(11)15(9-16(19)20)23-18(14)21/h4-10,17,22H,3,11-12H2,1-2H3;2-8,15,21H,9-10H2,1H3,(H,19,20). The van der Waals surface area contributed by atoms with Crippen molar-refractivity contribution >= 4 is 37.1 Å². The third-order valence-electron chi connectivity index (χ3n) is 8.06. The number of carbonyl (C=O) groups excluding carboxylic acids is 1. The van der Waals surface area contributed by atoms with Gasteiger partial charge in [0.1, 0.15) is 24.7 Å². The van der Waals surface area contributed by atoms with Gasteiger partial charge in [-0.15, -0.1) is 0 Å². The van der Waals surface area contributed by atoms with Crippen LogP contribution in [0.4, 0.5) is 0 Å². The summed E-state index contributed by atoms with van der Waals surface area (Å²) >= 11 is 0. The van der Waals surface area contributed by atoms with Crippen molar-refractivity contribution in [3.05, 3.63) is 118 Å². The maximum atomic E-state index is 11.7. The first-order valence-electron chi connectivity index (χ1n) is 15.8. The van der Waals surface area contributed by atoms with Crippen LogP contribution in [0.25, 0.3) is 0 Å². The van der Waals surface area contributed by atoms with Gasteiger partial charge in [-0.25, -0.2) is 0 Å². The number of esters is 1. The van der Waals surface area contributed by atoms with Crippen molar-refractivity contribution in [2.45, 2.75) is 59.0 Å². The number of aliphatic carboxylic acids is 1. The van der Waals surface area contributed by atoms with Gasteiger partial charge in [0.15, 0.2) is 0 Å². The Balaban J connectivity index is 0.000000188. The molecule has 0 radical (unpaired) electrons. The van der Waals surface area contributed by atoms with Crippen molar-refractivity contribution in [1.29, 1.82) is 0 Å². The van der Waals surface area contributed by atoms with Crippen molar-refractivity contribution in [2.75, 3.05) is 6.61 Å². The molecule has 0 amide bonds. The van der Waals surface area contributed by atoms with E-state index in [0.29, 0.717) is 42.2 Å². The lowest BCUT2D eigenvalue weighted by molar-refractivity contribution is -0.145. The van der Waals surface area contributed by atoms with Gasteiger partial charge in [-0.3, -0.25) is 9.59 Å². The molecule has 4 aromatic carbocycles. The van der Waals surface area contributed by atoms with Gasteiger partial charge in [-0.1, -0.05) is 60.7 Å². The Labute approximate surface area is 280 Å². The van der Waals surface area contributed by atoms with E-state index in [0.717, 1.165) is 33.4 Å². The molecule has 6 rings (SSSR count). The predicted molar refractivity (Wildman–Crippen MR) is 180 cm³/mol. The van der Waals surface area contributed by atoms with E-state index in [4.69, 9.17) is 28.6 Å². The summed E-state index contributed by atoms with van der Waals surface area (Å²) < 4.78 is 27.5. The molecule has 0 fully saturated rings. The summed E-state index contributed by atoms with van der Waals surface area (Å²) in [6.45, 7) is 6.75. The van der Waals surface area contributed by atoms with E-state index in [9.17, 15) is 19.6 Å². The van der Waals surface area contributed by atoms with Crippen molar-refractivity contribution in [3.8, 4) is 11.5 Å². The molecule has 0 saturated carbocycles. The largest absolute Gasteiger partial charge is 0.492 e. The first-order valence-corrected chi connectivity index (χ1v) is 15.8. The molecule has 48 heavy (non-hydrogen) atoms. The number of hydrogen-bond donors (Lipinski definition) is 3. The third kappa shape index (κ3) is 8.64. The van der Waals surface area contributed by atoms with Gasteiger partial charge in [0.2, 0.25) is 0 Å². The van der Waals surface area contributed by atoms with Crippen LogP contribution in [0.5, 0.6) is 11.5 Å². The minimum Gasteiger partial charge on any atom is -0.489 e. The quantitative estimate of drug-likeness (QED) is 0.160. The zero-order valence-electron chi connectivity index (χ0n) is 27.1. The molecule has 0 aromatic heterocycles. The fourth-order valence-electron chi connectivity index (χ4n) is 5.94. The molecule has 3 N–H and O–H groups in total. The van der Waals surface area contributed by atoms with Crippen LogP contribution in [0.1, 0.15) is 65.4 Å². The Morgan fingerprint density at radius 2 is 1.15 bits per heavy atom. The molecule has 2 unspecified atom stereocenters. The van der Waals surface area contributed by atoms with Crippen molar-refractivity contribution in [1.82, 2.24) is 0 Å². The third-order valence-corrected chi connectivity index (χ3v) is 8.06. The van der Waals surface area contributed by atoms with Gasteiger partial charge >= 0.3 is 26.2 Å². The van der Waals surface area contributed by atoms with E-state index in [-0.39, 0.29) is 18.8 Å². The minimum atomic E-state index is -1.12. The molecule has 248 valence electrons. The van der Waals surface area contributed by atoms with E-state index >= 15 is 0 Å². The van der Waals surface area contributed by atoms with Crippen LogP contribution in [0.15, 0.2) is 84.9 Å². The fraction of sp³-hybridized carbons (Fsp3) is 0.278. The lowest BCUT2D eigenvalue weighted by Gasteiger charge is -2.15. The van der Waals surface area contributed by atoms with Crippen LogP contribution in [0.3, 0.4) is 0 Å². The van der Waals surface area contributed by atoms with Gasteiger partial charge in [-0.2, -0.15) is 0 Å². The fourth-order valence-corrected chi connectivity index (χ4v) is 5.94. The molecule has 0 aliphatic carbocycles. The maximum absolute atomic E-state index is 11.7. The van der Waals surface area contributed by atoms with Gasteiger partial charge in [0, 0.05) is 0 Å². The normalized spacial score (nSPS) is 16.0. The molecule has 10 nitrogen and oxygen atoms in total. The van der Waals surface area contributed by atoms with Gasteiger partial charge in [-0.05, 0) is 89.3 Å². The highest BCUT2D eigenvalue weighted by Crippen LogP contribution is 2.33. The van der Waals surface area contributed by atoms with E-state index in [1.807, 2.05) is 86.6 Å². The SMILES string of the molecule is CCOC(=O)CC1OB(O)c2cc(OCc3ccccc3)cc(C)c21.Cc1cc(OCc2ccccc2)cc2c1C(CC(=O)O)OB2O. The lowest BCUT2D eigenvalue weighted by Crippen LogP contribution is -2.28. The second-order valence-corrected chi connectivity index (χ2v) is 11.6. The number of carboxylic acid groups (broad SMARTS) is 1. The van der Waals surface area contributed by atoms with Crippen LogP contribution in [-0.4, -0.2) is 47.9 Å². The van der Waals surface area contributed by atoms with E-state index in [2.05, 4.69) is 0 Å².